The molecule has 1 heterocycles. The van der Waals surface area contributed by atoms with Gasteiger partial charge in [-0.2, -0.15) is 4.58 Å². The number of amides is 1. The van der Waals surface area contributed by atoms with Crippen LogP contribution in [0.2, 0.25) is 0 Å². The molecule has 0 aliphatic carbocycles. The molecule has 3 nitrogen and oxygen atoms in total. The number of thioether (sulfide) groups is 1. The molecule has 0 saturated heterocycles. The first-order valence-electron chi connectivity index (χ1n) is 7.76. The molecule has 0 spiro atoms. The average molecular weight is 331 g/mol. The summed E-state index contributed by atoms with van der Waals surface area (Å²) in [6.45, 7) is 12.3. The predicted octanol–water partition coefficient (Wildman–Crippen LogP) is 3.64. The SMILES string of the molecule is C[N+]1=CS/C(=C/c2cc(C(C)(C)C)c([O-])c(C(C)(C)C)c2)C1=O. The van der Waals surface area contributed by atoms with Gasteiger partial charge in [-0.1, -0.05) is 53.7 Å². The van der Waals surface area contributed by atoms with Crippen LogP contribution in [0.1, 0.15) is 58.2 Å². The third kappa shape index (κ3) is 3.69. The van der Waals surface area contributed by atoms with Crippen LogP contribution in [-0.2, 0) is 15.6 Å². The minimum absolute atomic E-state index is 0.00387. The van der Waals surface area contributed by atoms with Gasteiger partial charge in [-0.05, 0) is 45.4 Å². The summed E-state index contributed by atoms with van der Waals surface area (Å²) in [6, 6.07) is 3.85. The number of nitrogens with zero attached hydrogens (tertiary/aromatic N) is 1. The van der Waals surface area contributed by atoms with Crippen LogP contribution < -0.4 is 5.11 Å². The number of carbonyl (C=O) groups excluding carboxylic acids is 1. The van der Waals surface area contributed by atoms with Crippen molar-refractivity contribution in [3.8, 4) is 5.75 Å². The van der Waals surface area contributed by atoms with Crippen molar-refractivity contribution in [3.63, 3.8) is 0 Å². The number of likely N-dealkylation sites (N-methyl/N-ethyl adjacent to an activating group) is 1. The van der Waals surface area contributed by atoms with Crippen LogP contribution in [0.15, 0.2) is 17.0 Å². The molecular formula is C19H25NO2S. The zero-order valence-corrected chi connectivity index (χ0v) is 15.8. The summed E-state index contributed by atoms with van der Waals surface area (Å²) in [6.07, 6.45) is 1.89. The lowest BCUT2D eigenvalue weighted by Gasteiger charge is -2.33. The van der Waals surface area contributed by atoms with E-state index in [1.165, 1.54) is 11.8 Å². The highest BCUT2D eigenvalue weighted by atomic mass is 32.2. The summed E-state index contributed by atoms with van der Waals surface area (Å²) in [5.41, 5.74) is 3.84. The molecule has 0 saturated carbocycles. The smallest absolute Gasteiger partial charge is 0.426 e. The number of benzene rings is 1. The zero-order chi connectivity index (χ0) is 17.6. The molecule has 0 aromatic heterocycles. The Balaban J connectivity index is 2.62. The van der Waals surface area contributed by atoms with Gasteiger partial charge in [-0.3, -0.25) is 0 Å². The van der Waals surface area contributed by atoms with Crippen molar-refractivity contribution >= 4 is 29.3 Å². The van der Waals surface area contributed by atoms with Crippen LogP contribution in [-0.4, -0.2) is 23.1 Å². The van der Waals surface area contributed by atoms with E-state index in [2.05, 4.69) is 0 Å². The molecule has 1 aliphatic rings. The second kappa shape index (κ2) is 5.82. The Labute approximate surface area is 143 Å². The van der Waals surface area contributed by atoms with E-state index in [1.54, 1.807) is 17.2 Å². The van der Waals surface area contributed by atoms with Gasteiger partial charge in [-0.15, -0.1) is 5.75 Å². The summed E-state index contributed by atoms with van der Waals surface area (Å²) in [5, 5.41) is 12.9. The molecule has 124 valence electrons. The maximum Gasteiger partial charge on any atom is 0.426 e. The molecule has 0 radical (unpaired) electrons. The van der Waals surface area contributed by atoms with Crippen LogP contribution in [0.25, 0.3) is 6.08 Å². The third-order valence-electron chi connectivity index (χ3n) is 3.89. The second-order valence-electron chi connectivity index (χ2n) is 8.09. The highest BCUT2D eigenvalue weighted by Gasteiger charge is 2.28. The molecule has 0 N–H and O–H groups in total. The number of rotatable bonds is 1. The third-order valence-corrected chi connectivity index (χ3v) is 4.86. The van der Waals surface area contributed by atoms with Gasteiger partial charge in [0.2, 0.25) is 5.55 Å². The highest BCUT2D eigenvalue weighted by Crippen LogP contribution is 2.39. The fourth-order valence-electron chi connectivity index (χ4n) is 2.50. The molecule has 1 aromatic carbocycles. The van der Waals surface area contributed by atoms with Gasteiger partial charge in [0, 0.05) is 0 Å². The van der Waals surface area contributed by atoms with E-state index in [4.69, 9.17) is 0 Å². The van der Waals surface area contributed by atoms with Gasteiger partial charge in [0.15, 0.2) is 0 Å². The number of carbonyl (C=O) groups is 1. The van der Waals surface area contributed by atoms with Crippen molar-refractivity contribution in [2.45, 2.75) is 52.4 Å². The van der Waals surface area contributed by atoms with E-state index in [1.807, 2.05) is 59.8 Å². The summed E-state index contributed by atoms with van der Waals surface area (Å²) < 4.78 is 1.58. The van der Waals surface area contributed by atoms with E-state index in [9.17, 15) is 9.90 Å². The molecule has 0 unspecified atom stereocenters. The molecule has 4 heteroatoms. The number of hydrogen-bond donors (Lipinski definition) is 0. The lowest BCUT2D eigenvalue weighted by molar-refractivity contribution is -0.404. The normalized spacial score (nSPS) is 17.8. The van der Waals surface area contributed by atoms with E-state index in [-0.39, 0.29) is 22.5 Å². The van der Waals surface area contributed by atoms with Crippen molar-refractivity contribution < 1.29 is 14.5 Å². The predicted molar refractivity (Wildman–Crippen MR) is 96.1 cm³/mol. The molecule has 1 aromatic rings. The van der Waals surface area contributed by atoms with Crippen LogP contribution in [0.4, 0.5) is 0 Å². The first kappa shape index (κ1) is 17.8. The summed E-state index contributed by atoms with van der Waals surface area (Å²) in [4.78, 5) is 12.8. The van der Waals surface area contributed by atoms with Gasteiger partial charge in [0.25, 0.3) is 0 Å². The van der Waals surface area contributed by atoms with Crippen LogP contribution in [0.3, 0.4) is 0 Å². The second-order valence-corrected chi connectivity index (χ2v) is 8.98. The monoisotopic (exact) mass is 331 g/mol. The largest absolute Gasteiger partial charge is 0.872 e. The summed E-state index contributed by atoms with van der Waals surface area (Å²) in [5.74, 6) is 0.108. The fraction of sp³-hybridized carbons (Fsp3) is 0.474. The van der Waals surface area contributed by atoms with Gasteiger partial charge < -0.3 is 5.11 Å². The molecular weight excluding hydrogens is 306 g/mol. The van der Waals surface area contributed by atoms with Crippen LogP contribution in [0.5, 0.6) is 5.75 Å². The molecule has 2 rings (SSSR count). The highest BCUT2D eigenvalue weighted by molar-refractivity contribution is 8.16. The van der Waals surface area contributed by atoms with Crippen LogP contribution in [0, 0.1) is 0 Å². The topological polar surface area (TPSA) is 43.1 Å². The summed E-state index contributed by atoms with van der Waals surface area (Å²) in [7, 11) is 1.75. The lowest BCUT2D eigenvalue weighted by atomic mass is 9.78. The lowest BCUT2D eigenvalue weighted by Crippen LogP contribution is -2.21. The van der Waals surface area contributed by atoms with Gasteiger partial charge >= 0.3 is 5.91 Å². The molecule has 0 bridgehead atoms. The van der Waals surface area contributed by atoms with Gasteiger partial charge in [0.1, 0.15) is 12.0 Å². The van der Waals surface area contributed by atoms with Gasteiger partial charge in [0.05, 0.1) is 0 Å². The minimum atomic E-state index is -0.235. The Hall–Kier alpha value is -1.55. The fourth-order valence-corrected chi connectivity index (χ4v) is 3.32. The molecule has 0 atom stereocenters. The molecule has 1 aliphatic heterocycles. The Morgan fingerprint density at radius 1 is 1.04 bits per heavy atom. The Kier molecular flexibility index (Phi) is 4.51. The van der Waals surface area contributed by atoms with Crippen molar-refractivity contribution in [1.82, 2.24) is 0 Å². The van der Waals surface area contributed by atoms with Crippen molar-refractivity contribution in [2.75, 3.05) is 7.05 Å². The van der Waals surface area contributed by atoms with E-state index >= 15 is 0 Å². The maximum atomic E-state index is 12.9. The molecule has 1 amide bonds. The maximum absolute atomic E-state index is 12.9. The molecule has 23 heavy (non-hydrogen) atoms. The Morgan fingerprint density at radius 3 is 1.87 bits per heavy atom. The standard InChI is InChI=1S/C19H25NO2S/c1-18(2,3)13-8-12(9-14(16(13)21)19(4,5)6)10-15-17(22)20(7)11-23-15/h8-11H,1-7H3. The van der Waals surface area contributed by atoms with Crippen molar-refractivity contribution in [2.24, 2.45) is 0 Å². The van der Waals surface area contributed by atoms with Crippen molar-refractivity contribution in [1.29, 1.82) is 0 Å². The van der Waals surface area contributed by atoms with E-state index in [0.717, 1.165) is 16.7 Å². The quantitative estimate of drug-likeness (QED) is 0.583. The van der Waals surface area contributed by atoms with Crippen molar-refractivity contribution in [3.05, 3.63) is 33.7 Å². The van der Waals surface area contributed by atoms with E-state index < -0.39 is 0 Å². The first-order chi connectivity index (χ1) is 10.4. The minimum Gasteiger partial charge on any atom is -0.872 e. The average Bonchev–Trinajstić information content (AvgIpc) is 2.70. The molecule has 0 fully saturated rings. The Bertz CT molecular complexity index is 681. The summed E-state index contributed by atoms with van der Waals surface area (Å²) >= 11 is 1.42. The zero-order valence-electron chi connectivity index (χ0n) is 15.0. The Morgan fingerprint density at radius 2 is 1.52 bits per heavy atom. The number of hydrogen-bond acceptors (Lipinski definition) is 3. The van der Waals surface area contributed by atoms with Gasteiger partial charge in [-0.25, -0.2) is 4.79 Å². The van der Waals surface area contributed by atoms with Crippen LogP contribution >= 0.6 is 11.8 Å². The first-order valence-corrected chi connectivity index (χ1v) is 8.64. The van der Waals surface area contributed by atoms with E-state index in [0.29, 0.717) is 4.91 Å².